The average Bonchev–Trinajstić information content (AvgIpc) is 3.18. The molecule has 0 spiro atoms. The molecule has 4 nitrogen and oxygen atoms in total. The van der Waals surface area contributed by atoms with E-state index in [1.165, 1.54) is 199 Å². The Bertz CT molecular complexity index is 821. The first-order valence-electron chi connectivity index (χ1n) is 24.2. The van der Waals surface area contributed by atoms with Crippen molar-refractivity contribution in [3.05, 3.63) is 36.5 Å². The molecule has 0 bridgehead atoms. The average molecular weight is 758 g/mol. The lowest BCUT2D eigenvalue weighted by Gasteiger charge is -2.19. The van der Waals surface area contributed by atoms with Crippen molar-refractivity contribution < 1.29 is 15.0 Å². The number of carbonyl (C=O) groups excluding carboxylic acids is 1. The first-order valence-corrected chi connectivity index (χ1v) is 24.2. The van der Waals surface area contributed by atoms with Crippen molar-refractivity contribution in [3.63, 3.8) is 0 Å². The van der Waals surface area contributed by atoms with E-state index < -0.39 is 12.1 Å². The first-order chi connectivity index (χ1) is 26.7. The van der Waals surface area contributed by atoms with Gasteiger partial charge in [-0.15, -0.1) is 0 Å². The Morgan fingerprint density at radius 1 is 0.426 bits per heavy atom. The van der Waals surface area contributed by atoms with Gasteiger partial charge < -0.3 is 15.5 Å². The van der Waals surface area contributed by atoms with Gasteiger partial charge >= 0.3 is 0 Å². The second-order valence-corrected chi connectivity index (χ2v) is 16.5. The van der Waals surface area contributed by atoms with Gasteiger partial charge in [0.1, 0.15) is 0 Å². The van der Waals surface area contributed by atoms with Gasteiger partial charge in [0.2, 0.25) is 5.91 Å². The fourth-order valence-corrected chi connectivity index (χ4v) is 7.39. The summed E-state index contributed by atoms with van der Waals surface area (Å²) in [5.74, 6) is -0.0751. The number of allylic oxidation sites excluding steroid dienone is 5. The molecule has 0 aromatic rings. The van der Waals surface area contributed by atoms with Crippen LogP contribution in [0.1, 0.15) is 258 Å². The van der Waals surface area contributed by atoms with Crippen LogP contribution in [0.25, 0.3) is 0 Å². The lowest BCUT2D eigenvalue weighted by molar-refractivity contribution is -0.123. The van der Waals surface area contributed by atoms with Crippen LogP contribution in [0.3, 0.4) is 0 Å². The Morgan fingerprint density at radius 2 is 0.722 bits per heavy atom. The summed E-state index contributed by atoms with van der Waals surface area (Å²) in [6.45, 7) is 4.27. The van der Waals surface area contributed by atoms with E-state index in [9.17, 15) is 15.0 Å². The molecule has 2 atom stereocenters. The number of unbranched alkanes of at least 4 members (excludes halogenated alkanes) is 33. The van der Waals surface area contributed by atoms with Crippen molar-refractivity contribution in [3.8, 4) is 0 Å². The van der Waals surface area contributed by atoms with E-state index in [0.717, 1.165) is 38.5 Å². The van der Waals surface area contributed by atoms with Crippen molar-refractivity contribution in [2.75, 3.05) is 6.61 Å². The standard InChI is InChI=1S/C50H95NO3/c1-3-5-7-9-11-13-15-17-18-19-20-21-22-23-24-25-26-27-28-29-30-31-32-34-36-38-40-42-44-46-50(54)51-48(47-52)49(53)45-43-41-39-37-35-33-16-14-12-10-8-6-4-2/h12,14,35,37,43,45,48-49,52-53H,3-11,13,15-34,36,38-42,44,46-47H2,1-2H3,(H,51,54)/b14-12+,37-35+,45-43+. The minimum atomic E-state index is -0.866. The molecule has 0 aliphatic rings. The maximum Gasteiger partial charge on any atom is 0.220 e. The molecule has 2 unspecified atom stereocenters. The van der Waals surface area contributed by atoms with Crippen LogP contribution in [0, 0.1) is 0 Å². The van der Waals surface area contributed by atoms with Crippen LogP contribution in [0.5, 0.6) is 0 Å². The summed E-state index contributed by atoms with van der Waals surface area (Å²) >= 11 is 0. The van der Waals surface area contributed by atoms with Crippen LogP contribution >= 0.6 is 0 Å². The molecule has 0 heterocycles. The Labute approximate surface area is 338 Å². The molecular weight excluding hydrogens is 663 g/mol. The van der Waals surface area contributed by atoms with Gasteiger partial charge in [-0.3, -0.25) is 4.79 Å². The zero-order chi connectivity index (χ0) is 39.3. The van der Waals surface area contributed by atoms with E-state index in [1.807, 2.05) is 6.08 Å². The van der Waals surface area contributed by atoms with Crippen LogP contribution in [-0.2, 0) is 4.79 Å². The monoisotopic (exact) mass is 758 g/mol. The molecule has 318 valence electrons. The van der Waals surface area contributed by atoms with Crippen molar-refractivity contribution in [2.45, 2.75) is 270 Å². The number of rotatable bonds is 44. The predicted octanol–water partition coefficient (Wildman–Crippen LogP) is 15.4. The zero-order valence-electron chi connectivity index (χ0n) is 36.5. The molecule has 54 heavy (non-hydrogen) atoms. The molecule has 0 aromatic heterocycles. The maximum absolute atomic E-state index is 12.4. The Hall–Kier alpha value is -1.39. The van der Waals surface area contributed by atoms with Crippen LogP contribution in [-0.4, -0.2) is 34.9 Å². The topological polar surface area (TPSA) is 69.6 Å². The normalized spacial score (nSPS) is 13.2. The second kappa shape index (κ2) is 46.0. The van der Waals surface area contributed by atoms with Crippen LogP contribution in [0.15, 0.2) is 36.5 Å². The van der Waals surface area contributed by atoms with Gasteiger partial charge in [0.05, 0.1) is 18.8 Å². The minimum Gasteiger partial charge on any atom is -0.394 e. The van der Waals surface area contributed by atoms with Crippen molar-refractivity contribution in [1.29, 1.82) is 0 Å². The maximum atomic E-state index is 12.4. The molecule has 4 heteroatoms. The van der Waals surface area contributed by atoms with Crippen molar-refractivity contribution in [2.24, 2.45) is 0 Å². The second-order valence-electron chi connectivity index (χ2n) is 16.5. The Kier molecular flexibility index (Phi) is 44.8. The predicted molar refractivity (Wildman–Crippen MR) is 239 cm³/mol. The molecule has 0 aromatic carbocycles. The fourth-order valence-electron chi connectivity index (χ4n) is 7.39. The van der Waals surface area contributed by atoms with E-state index >= 15 is 0 Å². The minimum absolute atomic E-state index is 0.0751. The number of hydrogen-bond acceptors (Lipinski definition) is 3. The Morgan fingerprint density at radius 3 is 1.07 bits per heavy atom. The highest BCUT2D eigenvalue weighted by Crippen LogP contribution is 2.17. The third-order valence-corrected chi connectivity index (χ3v) is 11.1. The van der Waals surface area contributed by atoms with Gasteiger partial charge in [0.15, 0.2) is 0 Å². The number of hydrogen-bond donors (Lipinski definition) is 3. The SMILES string of the molecule is CCCCC/C=C/CC/C=C/CC/C=C/C(O)C(CO)NC(=O)CCCCCCCCCCCCCCCCCCCCCCCCCCCCCCC. The first kappa shape index (κ1) is 52.6. The summed E-state index contributed by atoms with van der Waals surface area (Å²) in [5, 5.41) is 23.0. The third-order valence-electron chi connectivity index (χ3n) is 11.1. The molecule has 0 saturated heterocycles. The summed E-state index contributed by atoms with van der Waals surface area (Å²) in [5.41, 5.74) is 0. The largest absolute Gasteiger partial charge is 0.394 e. The summed E-state index contributed by atoms with van der Waals surface area (Å²) in [6.07, 6.45) is 61.4. The number of aliphatic hydroxyl groups is 2. The summed E-state index contributed by atoms with van der Waals surface area (Å²) < 4.78 is 0. The molecule has 1 amide bonds. The Balaban J connectivity index is 3.46. The molecule has 0 rings (SSSR count). The van der Waals surface area contributed by atoms with Crippen LogP contribution in [0.4, 0.5) is 0 Å². The summed E-state index contributed by atoms with van der Waals surface area (Å²) in [6, 6.07) is -0.642. The van der Waals surface area contributed by atoms with E-state index in [0.29, 0.717) is 6.42 Å². The molecule has 0 radical (unpaired) electrons. The fraction of sp³-hybridized carbons (Fsp3) is 0.860. The molecular formula is C50H95NO3. The lowest BCUT2D eigenvalue weighted by Crippen LogP contribution is -2.45. The highest BCUT2D eigenvalue weighted by atomic mass is 16.3. The van der Waals surface area contributed by atoms with E-state index in [1.54, 1.807) is 6.08 Å². The van der Waals surface area contributed by atoms with Crippen LogP contribution in [0.2, 0.25) is 0 Å². The van der Waals surface area contributed by atoms with Gasteiger partial charge in [-0.2, -0.15) is 0 Å². The summed E-state index contributed by atoms with van der Waals surface area (Å²) in [7, 11) is 0. The molecule has 0 saturated carbocycles. The lowest BCUT2D eigenvalue weighted by atomic mass is 10.0. The highest BCUT2D eigenvalue weighted by Gasteiger charge is 2.17. The summed E-state index contributed by atoms with van der Waals surface area (Å²) in [4.78, 5) is 12.4. The number of amides is 1. The van der Waals surface area contributed by atoms with E-state index in [-0.39, 0.29) is 12.5 Å². The molecule has 3 N–H and O–H groups in total. The number of nitrogens with one attached hydrogen (secondary N) is 1. The third kappa shape index (κ3) is 41.8. The molecule has 0 aliphatic carbocycles. The van der Waals surface area contributed by atoms with Gasteiger partial charge in [-0.25, -0.2) is 0 Å². The van der Waals surface area contributed by atoms with E-state index in [4.69, 9.17) is 0 Å². The van der Waals surface area contributed by atoms with Crippen molar-refractivity contribution in [1.82, 2.24) is 5.32 Å². The molecule has 0 fully saturated rings. The number of aliphatic hydroxyl groups excluding tert-OH is 2. The van der Waals surface area contributed by atoms with Crippen LogP contribution < -0.4 is 5.32 Å². The van der Waals surface area contributed by atoms with Gasteiger partial charge in [-0.1, -0.05) is 243 Å². The molecule has 0 aliphatic heterocycles. The quantitative estimate of drug-likeness (QED) is 0.0428. The highest BCUT2D eigenvalue weighted by molar-refractivity contribution is 5.76. The van der Waals surface area contributed by atoms with Gasteiger partial charge in [0.25, 0.3) is 0 Å². The smallest absolute Gasteiger partial charge is 0.220 e. The van der Waals surface area contributed by atoms with Gasteiger partial charge in [0, 0.05) is 6.42 Å². The number of carbonyl (C=O) groups is 1. The zero-order valence-corrected chi connectivity index (χ0v) is 36.5. The van der Waals surface area contributed by atoms with Gasteiger partial charge in [-0.05, 0) is 44.9 Å². The van der Waals surface area contributed by atoms with Crippen molar-refractivity contribution >= 4 is 5.91 Å². The van der Waals surface area contributed by atoms with E-state index in [2.05, 4.69) is 43.5 Å².